The maximum absolute atomic E-state index is 12.2. The summed E-state index contributed by atoms with van der Waals surface area (Å²) in [5.41, 5.74) is 8.05. The summed E-state index contributed by atoms with van der Waals surface area (Å²) < 4.78 is 1.53. The van der Waals surface area contributed by atoms with Gasteiger partial charge in [0.05, 0.1) is 5.25 Å². The molecule has 1 heterocycles. The first-order chi connectivity index (χ1) is 9.49. The van der Waals surface area contributed by atoms with Gasteiger partial charge in [0, 0.05) is 18.4 Å². The van der Waals surface area contributed by atoms with E-state index < -0.39 is 0 Å². The smallest absolute Gasteiger partial charge is 0.237 e. The molecule has 0 radical (unpaired) electrons. The number of carbonyl (C=O) groups excluding carboxylic acids is 1. The fourth-order valence-corrected chi connectivity index (χ4v) is 2.31. The van der Waals surface area contributed by atoms with Crippen LogP contribution in [0.25, 0.3) is 0 Å². The zero-order chi connectivity index (χ0) is 14.7. The molecule has 2 aromatic rings. The van der Waals surface area contributed by atoms with Crippen LogP contribution in [0.15, 0.2) is 23.4 Å². The molecule has 0 aliphatic carbocycles. The van der Waals surface area contributed by atoms with Gasteiger partial charge in [-0.1, -0.05) is 17.8 Å². The van der Waals surface area contributed by atoms with Crippen molar-refractivity contribution in [2.75, 3.05) is 11.1 Å². The number of nitrogen functional groups attached to an aromatic ring is 1. The Hall–Kier alpha value is -2.09. The Morgan fingerprint density at radius 2 is 2.25 bits per heavy atom. The molecule has 106 valence electrons. The molecule has 20 heavy (non-hydrogen) atoms. The van der Waals surface area contributed by atoms with Crippen molar-refractivity contribution in [3.8, 4) is 0 Å². The second-order valence-corrected chi connectivity index (χ2v) is 5.66. The van der Waals surface area contributed by atoms with Crippen molar-refractivity contribution in [3.63, 3.8) is 0 Å². The molecule has 0 bridgehead atoms. The van der Waals surface area contributed by atoms with Gasteiger partial charge in [-0.3, -0.25) is 4.79 Å². The average molecular weight is 292 g/mol. The molecule has 8 heteroatoms. The van der Waals surface area contributed by atoms with Crippen molar-refractivity contribution in [2.24, 2.45) is 7.05 Å². The van der Waals surface area contributed by atoms with Gasteiger partial charge in [-0.15, -0.1) is 5.10 Å². The van der Waals surface area contributed by atoms with E-state index in [9.17, 15) is 4.79 Å². The molecule has 2 rings (SSSR count). The fourth-order valence-electron chi connectivity index (χ4n) is 1.56. The van der Waals surface area contributed by atoms with Crippen LogP contribution in [-0.4, -0.2) is 31.4 Å². The molecule has 0 saturated heterocycles. The molecule has 0 saturated carbocycles. The Kier molecular flexibility index (Phi) is 4.23. The summed E-state index contributed by atoms with van der Waals surface area (Å²) in [5.74, 6) is -0.119. The van der Waals surface area contributed by atoms with E-state index >= 15 is 0 Å². The maximum Gasteiger partial charge on any atom is 0.237 e. The standard InChI is InChI=1S/C12H16N6OS/c1-7-9(13)5-4-6-10(7)14-11(19)8(2)20-12-15-16-17-18(12)3/h4-6,8H,13H2,1-3H3,(H,14,19). The third kappa shape index (κ3) is 3.08. The number of nitrogens with zero attached hydrogens (tertiary/aromatic N) is 4. The van der Waals surface area contributed by atoms with Crippen LogP contribution in [0.2, 0.25) is 0 Å². The highest BCUT2D eigenvalue weighted by molar-refractivity contribution is 8.00. The topological polar surface area (TPSA) is 98.7 Å². The first-order valence-electron chi connectivity index (χ1n) is 6.04. The number of nitrogens with two attached hydrogens (primary N) is 1. The molecule has 0 aliphatic rings. The third-order valence-electron chi connectivity index (χ3n) is 2.87. The van der Waals surface area contributed by atoms with E-state index in [-0.39, 0.29) is 11.2 Å². The van der Waals surface area contributed by atoms with Gasteiger partial charge >= 0.3 is 0 Å². The van der Waals surface area contributed by atoms with Crippen molar-refractivity contribution in [2.45, 2.75) is 24.3 Å². The molecule has 0 aliphatic heterocycles. The van der Waals surface area contributed by atoms with Gasteiger partial charge in [0.25, 0.3) is 0 Å². The molecular weight excluding hydrogens is 276 g/mol. The number of carbonyl (C=O) groups is 1. The Bertz CT molecular complexity index is 626. The number of nitrogens with one attached hydrogen (secondary N) is 1. The normalized spacial score (nSPS) is 12.2. The lowest BCUT2D eigenvalue weighted by atomic mass is 10.1. The molecular formula is C12H16N6OS. The molecule has 0 fully saturated rings. The summed E-state index contributed by atoms with van der Waals surface area (Å²) in [6.07, 6.45) is 0. The van der Waals surface area contributed by atoms with Crippen molar-refractivity contribution in [1.29, 1.82) is 0 Å². The molecule has 0 spiro atoms. The van der Waals surface area contributed by atoms with E-state index in [0.29, 0.717) is 10.8 Å². The van der Waals surface area contributed by atoms with Crippen LogP contribution in [0.4, 0.5) is 11.4 Å². The second-order valence-electron chi connectivity index (χ2n) is 4.35. The maximum atomic E-state index is 12.2. The third-order valence-corrected chi connectivity index (χ3v) is 3.99. The highest BCUT2D eigenvalue weighted by Gasteiger charge is 2.18. The number of aryl methyl sites for hydroxylation is 1. The SMILES string of the molecule is Cc1c(N)cccc1NC(=O)C(C)Sc1nnnn1C. The van der Waals surface area contributed by atoms with E-state index in [1.54, 1.807) is 20.0 Å². The van der Waals surface area contributed by atoms with E-state index in [1.165, 1.54) is 16.4 Å². The second kappa shape index (κ2) is 5.91. The Morgan fingerprint density at radius 3 is 2.90 bits per heavy atom. The van der Waals surface area contributed by atoms with Crippen molar-refractivity contribution in [3.05, 3.63) is 23.8 Å². The number of thioether (sulfide) groups is 1. The number of aromatic nitrogens is 4. The van der Waals surface area contributed by atoms with Gasteiger partial charge < -0.3 is 11.1 Å². The molecule has 1 aromatic carbocycles. The summed E-state index contributed by atoms with van der Waals surface area (Å²) >= 11 is 1.30. The highest BCUT2D eigenvalue weighted by Crippen LogP contribution is 2.24. The van der Waals surface area contributed by atoms with Gasteiger partial charge in [0.2, 0.25) is 11.1 Å². The fraction of sp³-hybridized carbons (Fsp3) is 0.333. The van der Waals surface area contributed by atoms with Crippen LogP contribution < -0.4 is 11.1 Å². The molecule has 1 atom stereocenters. The number of anilines is 2. The zero-order valence-corrected chi connectivity index (χ0v) is 12.3. The number of tetrazole rings is 1. The predicted molar refractivity (Wildman–Crippen MR) is 78.3 cm³/mol. The minimum atomic E-state index is -0.319. The largest absolute Gasteiger partial charge is 0.398 e. The number of hydrogen-bond acceptors (Lipinski definition) is 6. The summed E-state index contributed by atoms with van der Waals surface area (Å²) in [6.45, 7) is 3.67. The predicted octanol–water partition coefficient (Wildman–Crippen LogP) is 1.22. The molecule has 7 nitrogen and oxygen atoms in total. The van der Waals surface area contributed by atoms with E-state index in [2.05, 4.69) is 20.8 Å². The van der Waals surface area contributed by atoms with Crippen molar-refractivity contribution in [1.82, 2.24) is 20.2 Å². The van der Waals surface area contributed by atoms with Crippen LogP contribution in [0.5, 0.6) is 0 Å². The summed E-state index contributed by atoms with van der Waals surface area (Å²) in [5, 5.41) is 14.2. The lowest BCUT2D eigenvalue weighted by Gasteiger charge is -2.13. The molecule has 3 N–H and O–H groups in total. The van der Waals surface area contributed by atoms with Gasteiger partial charge in [-0.25, -0.2) is 4.68 Å². The van der Waals surface area contributed by atoms with Gasteiger partial charge in [-0.2, -0.15) is 0 Å². The number of benzene rings is 1. The van der Waals surface area contributed by atoms with E-state index in [4.69, 9.17) is 5.73 Å². The van der Waals surface area contributed by atoms with Crippen LogP contribution in [-0.2, 0) is 11.8 Å². The first kappa shape index (κ1) is 14.3. The van der Waals surface area contributed by atoms with Crippen LogP contribution >= 0.6 is 11.8 Å². The van der Waals surface area contributed by atoms with Crippen molar-refractivity contribution >= 4 is 29.0 Å². The van der Waals surface area contributed by atoms with E-state index in [1.807, 2.05) is 19.1 Å². The minimum absolute atomic E-state index is 0.119. The first-order valence-corrected chi connectivity index (χ1v) is 6.92. The average Bonchev–Trinajstić information content (AvgIpc) is 2.80. The van der Waals surface area contributed by atoms with Crippen molar-refractivity contribution < 1.29 is 4.79 Å². The lowest BCUT2D eigenvalue weighted by molar-refractivity contribution is -0.115. The Morgan fingerprint density at radius 1 is 1.50 bits per heavy atom. The van der Waals surface area contributed by atoms with Gasteiger partial charge in [0.1, 0.15) is 0 Å². The summed E-state index contributed by atoms with van der Waals surface area (Å²) in [4.78, 5) is 12.2. The van der Waals surface area contributed by atoms with Crippen LogP contribution in [0, 0.1) is 6.92 Å². The van der Waals surface area contributed by atoms with Crippen LogP contribution in [0.1, 0.15) is 12.5 Å². The zero-order valence-electron chi connectivity index (χ0n) is 11.5. The Balaban J connectivity index is 2.04. The van der Waals surface area contributed by atoms with E-state index in [0.717, 1.165) is 11.3 Å². The summed E-state index contributed by atoms with van der Waals surface area (Å²) in [6, 6.07) is 5.43. The monoisotopic (exact) mass is 292 g/mol. The molecule has 1 aromatic heterocycles. The number of amides is 1. The van der Waals surface area contributed by atoms with Gasteiger partial charge in [0.15, 0.2) is 0 Å². The quantitative estimate of drug-likeness (QED) is 0.649. The number of rotatable bonds is 4. The van der Waals surface area contributed by atoms with Crippen LogP contribution in [0.3, 0.4) is 0 Å². The minimum Gasteiger partial charge on any atom is -0.398 e. The lowest BCUT2D eigenvalue weighted by Crippen LogP contribution is -2.23. The summed E-state index contributed by atoms with van der Waals surface area (Å²) in [7, 11) is 1.73. The molecule has 1 unspecified atom stereocenters. The Labute approximate surface area is 120 Å². The molecule has 1 amide bonds. The highest BCUT2D eigenvalue weighted by atomic mass is 32.2. The van der Waals surface area contributed by atoms with Gasteiger partial charge in [-0.05, 0) is 42.0 Å². The number of hydrogen-bond donors (Lipinski definition) is 2.